The molecule has 1 N–H and O–H groups in total. The number of hydrogen-bond donors (Lipinski definition) is 1. The van der Waals surface area contributed by atoms with Gasteiger partial charge in [0.1, 0.15) is 5.75 Å². The SMILES string of the molecule is COc1cc(C(O)Cc2ccsc2)ccc1Cl. The molecule has 0 saturated carbocycles. The molecular formula is C13H13ClO2S. The van der Waals surface area contributed by atoms with Gasteiger partial charge in [-0.05, 0) is 40.1 Å². The Bertz CT molecular complexity index is 482. The Morgan fingerprint density at radius 2 is 2.24 bits per heavy atom. The van der Waals surface area contributed by atoms with Gasteiger partial charge in [0.25, 0.3) is 0 Å². The fourth-order valence-electron chi connectivity index (χ4n) is 1.63. The van der Waals surface area contributed by atoms with Crippen LogP contribution in [0.25, 0.3) is 0 Å². The first kappa shape index (κ1) is 12.4. The largest absolute Gasteiger partial charge is 0.495 e. The standard InChI is InChI=1S/C13H13ClO2S/c1-16-13-7-10(2-3-11(13)14)12(15)6-9-4-5-17-8-9/h2-5,7-8,12,15H,6H2,1H3. The van der Waals surface area contributed by atoms with E-state index in [4.69, 9.17) is 16.3 Å². The lowest BCUT2D eigenvalue weighted by atomic mass is 10.0. The van der Waals surface area contributed by atoms with Crippen molar-refractivity contribution in [1.29, 1.82) is 0 Å². The van der Waals surface area contributed by atoms with Gasteiger partial charge >= 0.3 is 0 Å². The van der Waals surface area contributed by atoms with E-state index in [9.17, 15) is 5.11 Å². The lowest BCUT2D eigenvalue weighted by Gasteiger charge is -2.12. The highest BCUT2D eigenvalue weighted by molar-refractivity contribution is 7.07. The fourth-order valence-corrected chi connectivity index (χ4v) is 2.51. The maximum atomic E-state index is 10.1. The zero-order valence-electron chi connectivity index (χ0n) is 9.39. The molecule has 0 radical (unpaired) electrons. The molecule has 1 unspecified atom stereocenters. The molecule has 0 aliphatic carbocycles. The van der Waals surface area contributed by atoms with Gasteiger partial charge in [0.2, 0.25) is 0 Å². The summed E-state index contributed by atoms with van der Waals surface area (Å²) in [5.74, 6) is 0.591. The van der Waals surface area contributed by atoms with Crippen LogP contribution < -0.4 is 4.74 Å². The Morgan fingerprint density at radius 3 is 2.88 bits per heavy atom. The lowest BCUT2D eigenvalue weighted by molar-refractivity contribution is 0.178. The molecule has 2 aromatic rings. The molecule has 90 valence electrons. The molecule has 0 fully saturated rings. The molecule has 0 aliphatic heterocycles. The highest BCUT2D eigenvalue weighted by atomic mass is 35.5. The maximum Gasteiger partial charge on any atom is 0.137 e. The van der Waals surface area contributed by atoms with Gasteiger partial charge in [-0.2, -0.15) is 11.3 Å². The summed E-state index contributed by atoms with van der Waals surface area (Å²) in [6.45, 7) is 0. The summed E-state index contributed by atoms with van der Waals surface area (Å²) in [5.41, 5.74) is 1.95. The van der Waals surface area contributed by atoms with E-state index in [1.165, 1.54) is 0 Å². The van der Waals surface area contributed by atoms with Crippen LogP contribution in [0.4, 0.5) is 0 Å². The Morgan fingerprint density at radius 1 is 1.41 bits per heavy atom. The van der Waals surface area contributed by atoms with Gasteiger partial charge in [-0.25, -0.2) is 0 Å². The number of halogens is 1. The number of aliphatic hydroxyl groups is 1. The second-order valence-electron chi connectivity index (χ2n) is 3.75. The van der Waals surface area contributed by atoms with E-state index in [0.717, 1.165) is 11.1 Å². The minimum atomic E-state index is -0.532. The van der Waals surface area contributed by atoms with E-state index in [2.05, 4.69) is 0 Å². The molecule has 17 heavy (non-hydrogen) atoms. The quantitative estimate of drug-likeness (QED) is 0.916. The van der Waals surface area contributed by atoms with E-state index in [1.807, 2.05) is 22.9 Å². The molecule has 2 nitrogen and oxygen atoms in total. The lowest BCUT2D eigenvalue weighted by Crippen LogP contribution is -2.01. The molecule has 0 bridgehead atoms. The van der Waals surface area contributed by atoms with Gasteiger partial charge in [0.05, 0.1) is 18.2 Å². The fraction of sp³-hybridized carbons (Fsp3) is 0.231. The third-order valence-electron chi connectivity index (χ3n) is 2.57. The van der Waals surface area contributed by atoms with Gasteiger partial charge in [-0.1, -0.05) is 17.7 Å². The average molecular weight is 269 g/mol. The Kier molecular flexibility index (Phi) is 4.05. The van der Waals surface area contributed by atoms with Crippen molar-refractivity contribution in [3.8, 4) is 5.75 Å². The van der Waals surface area contributed by atoms with Crippen LogP contribution in [-0.2, 0) is 6.42 Å². The van der Waals surface area contributed by atoms with Crippen molar-refractivity contribution >= 4 is 22.9 Å². The van der Waals surface area contributed by atoms with E-state index >= 15 is 0 Å². The molecule has 2 rings (SSSR count). The topological polar surface area (TPSA) is 29.5 Å². The van der Waals surface area contributed by atoms with Crippen LogP contribution in [0.3, 0.4) is 0 Å². The van der Waals surface area contributed by atoms with Crippen molar-refractivity contribution in [2.75, 3.05) is 7.11 Å². The maximum absolute atomic E-state index is 10.1. The summed E-state index contributed by atoms with van der Waals surface area (Å²) in [6, 6.07) is 7.36. The van der Waals surface area contributed by atoms with Crippen molar-refractivity contribution in [2.45, 2.75) is 12.5 Å². The summed E-state index contributed by atoms with van der Waals surface area (Å²) in [5, 5.41) is 14.7. The third kappa shape index (κ3) is 3.00. The van der Waals surface area contributed by atoms with Crippen molar-refractivity contribution in [3.63, 3.8) is 0 Å². The monoisotopic (exact) mass is 268 g/mol. The zero-order valence-corrected chi connectivity index (χ0v) is 11.0. The number of methoxy groups -OCH3 is 1. The van der Waals surface area contributed by atoms with Crippen LogP contribution in [0.2, 0.25) is 5.02 Å². The minimum Gasteiger partial charge on any atom is -0.495 e. The van der Waals surface area contributed by atoms with Gasteiger partial charge in [0, 0.05) is 6.42 Å². The van der Waals surface area contributed by atoms with Crippen LogP contribution in [0.5, 0.6) is 5.75 Å². The van der Waals surface area contributed by atoms with Gasteiger partial charge in [0.15, 0.2) is 0 Å². The van der Waals surface area contributed by atoms with Crippen molar-refractivity contribution in [2.24, 2.45) is 0 Å². The predicted octanol–water partition coefficient (Wildman–Crippen LogP) is 3.69. The average Bonchev–Trinajstić information content (AvgIpc) is 2.82. The second-order valence-corrected chi connectivity index (χ2v) is 4.93. The first-order valence-corrected chi connectivity index (χ1v) is 6.55. The van der Waals surface area contributed by atoms with Crippen molar-refractivity contribution in [1.82, 2.24) is 0 Å². The molecule has 0 spiro atoms. The summed E-state index contributed by atoms with van der Waals surface area (Å²) in [6.07, 6.45) is 0.0737. The number of hydrogen-bond acceptors (Lipinski definition) is 3. The van der Waals surface area contributed by atoms with Crippen LogP contribution in [0.1, 0.15) is 17.2 Å². The van der Waals surface area contributed by atoms with E-state index in [-0.39, 0.29) is 0 Å². The molecule has 0 saturated heterocycles. The Balaban J connectivity index is 2.16. The molecular weight excluding hydrogens is 256 g/mol. The smallest absolute Gasteiger partial charge is 0.137 e. The molecule has 4 heteroatoms. The van der Waals surface area contributed by atoms with E-state index in [1.54, 1.807) is 30.6 Å². The van der Waals surface area contributed by atoms with Crippen molar-refractivity contribution < 1.29 is 9.84 Å². The van der Waals surface area contributed by atoms with Crippen molar-refractivity contribution in [3.05, 3.63) is 51.2 Å². The third-order valence-corrected chi connectivity index (χ3v) is 3.61. The second kappa shape index (κ2) is 5.54. The van der Waals surface area contributed by atoms with E-state index < -0.39 is 6.10 Å². The number of rotatable bonds is 4. The number of ether oxygens (including phenoxy) is 1. The highest BCUT2D eigenvalue weighted by Crippen LogP contribution is 2.29. The summed E-state index contributed by atoms with van der Waals surface area (Å²) < 4.78 is 5.13. The Labute approximate surface area is 109 Å². The van der Waals surface area contributed by atoms with Crippen LogP contribution in [-0.4, -0.2) is 12.2 Å². The zero-order chi connectivity index (χ0) is 12.3. The summed E-state index contributed by atoms with van der Waals surface area (Å²) in [4.78, 5) is 0. The molecule has 0 aliphatic rings. The molecule has 0 amide bonds. The van der Waals surface area contributed by atoms with Crippen LogP contribution in [0.15, 0.2) is 35.0 Å². The van der Waals surface area contributed by atoms with Crippen LogP contribution in [0, 0.1) is 0 Å². The van der Waals surface area contributed by atoms with Gasteiger partial charge < -0.3 is 9.84 Å². The van der Waals surface area contributed by atoms with Crippen LogP contribution >= 0.6 is 22.9 Å². The molecule has 1 heterocycles. The number of benzene rings is 1. The highest BCUT2D eigenvalue weighted by Gasteiger charge is 2.11. The summed E-state index contributed by atoms with van der Waals surface area (Å²) >= 11 is 7.57. The normalized spacial score (nSPS) is 12.4. The van der Waals surface area contributed by atoms with Gasteiger partial charge in [-0.3, -0.25) is 0 Å². The Hall–Kier alpha value is -1.03. The summed E-state index contributed by atoms with van der Waals surface area (Å²) in [7, 11) is 1.57. The molecule has 1 aromatic heterocycles. The first-order chi connectivity index (χ1) is 8.20. The first-order valence-electron chi connectivity index (χ1n) is 5.23. The molecule has 1 atom stereocenters. The van der Waals surface area contributed by atoms with Gasteiger partial charge in [-0.15, -0.1) is 0 Å². The molecule has 1 aromatic carbocycles. The predicted molar refractivity (Wildman–Crippen MR) is 71.0 cm³/mol. The number of thiophene rings is 1. The number of aliphatic hydroxyl groups excluding tert-OH is 1. The minimum absolute atomic E-state index is 0.532. The van der Waals surface area contributed by atoms with E-state index in [0.29, 0.717) is 17.2 Å².